The first-order valence-corrected chi connectivity index (χ1v) is 15.8. The Labute approximate surface area is 160 Å². The van der Waals surface area contributed by atoms with Crippen LogP contribution in [0.3, 0.4) is 0 Å². The van der Waals surface area contributed by atoms with Crippen molar-refractivity contribution >= 4 is 16.6 Å². The highest BCUT2D eigenvalue weighted by atomic mass is 28.4. The Morgan fingerprint density at radius 2 is 1.20 bits per heavy atom. The van der Waals surface area contributed by atoms with E-state index in [1.54, 1.807) is 0 Å². The predicted molar refractivity (Wildman–Crippen MR) is 116 cm³/mol. The molecule has 4 heteroatoms. The molecule has 25 heavy (non-hydrogen) atoms. The fraction of sp³-hybridized carbons (Fsp3) is 0.905. The van der Waals surface area contributed by atoms with Gasteiger partial charge in [-0.25, -0.2) is 0 Å². The van der Waals surface area contributed by atoms with Crippen LogP contribution in [0.1, 0.15) is 62.3 Å². The third-order valence-corrected chi connectivity index (χ3v) is 15.9. The summed E-state index contributed by atoms with van der Waals surface area (Å²) in [5.74, 6) is 0.839. The first-order valence-electron chi connectivity index (χ1n) is 9.95. The molecule has 0 aliphatic heterocycles. The van der Waals surface area contributed by atoms with Gasteiger partial charge in [-0.2, -0.15) is 0 Å². The minimum Gasteiger partial charge on any atom is -0.413 e. The molecule has 0 aromatic rings. The van der Waals surface area contributed by atoms with Gasteiger partial charge in [0.25, 0.3) is 0 Å². The van der Waals surface area contributed by atoms with E-state index < -0.39 is 16.6 Å². The van der Waals surface area contributed by atoms with E-state index >= 15 is 0 Å². The molecule has 0 N–H and O–H groups in total. The number of hydrogen-bond donors (Lipinski definition) is 0. The van der Waals surface area contributed by atoms with Crippen LogP contribution in [0.2, 0.25) is 36.3 Å². The van der Waals surface area contributed by atoms with Gasteiger partial charge < -0.3 is 8.85 Å². The van der Waals surface area contributed by atoms with E-state index in [-0.39, 0.29) is 22.3 Å². The fourth-order valence-electron chi connectivity index (χ4n) is 3.10. The summed E-state index contributed by atoms with van der Waals surface area (Å²) in [7, 11) is -3.60. The molecule has 4 atom stereocenters. The highest BCUT2D eigenvalue weighted by molar-refractivity contribution is 6.74. The Morgan fingerprint density at radius 1 is 0.800 bits per heavy atom. The Balaban J connectivity index is 3.10. The number of rotatable bonds is 4. The summed E-state index contributed by atoms with van der Waals surface area (Å²) < 4.78 is 13.7. The lowest BCUT2D eigenvalue weighted by Crippen LogP contribution is -2.53. The van der Waals surface area contributed by atoms with Gasteiger partial charge in [-0.3, -0.25) is 0 Å². The van der Waals surface area contributed by atoms with E-state index in [0.29, 0.717) is 11.8 Å². The Bertz CT molecular complexity index is 495. The molecule has 0 amide bonds. The van der Waals surface area contributed by atoms with E-state index in [1.807, 2.05) is 0 Å². The third kappa shape index (κ3) is 5.08. The van der Waals surface area contributed by atoms with E-state index in [0.717, 1.165) is 0 Å². The molecule has 1 rings (SSSR count). The van der Waals surface area contributed by atoms with Crippen LogP contribution in [0.5, 0.6) is 0 Å². The minimum atomic E-state index is -1.81. The second kappa shape index (κ2) is 7.25. The van der Waals surface area contributed by atoms with E-state index in [4.69, 9.17) is 8.85 Å². The molecule has 0 saturated carbocycles. The van der Waals surface area contributed by atoms with Crippen molar-refractivity contribution in [3.63, 3.8) is 0 Å². The molecule has 0 radical (unpaired) electrons. The molecule has 0 spiro atoms. The lowest BCUT2D eigenvalue weighted by molar-refractivity contribution is 0.0207. The standard InChI is InChI=1S/C21H44O2Si2/c1-15-14-16(2)19(23-25(12,13)21(7,8)9)17(3)18(15)22-24(10,11)20(4,5)6/h14-15,17-19H,1-13H3/t15-,17+,18-,19-/m1/s1. The van der Waals surface area contributed by atoms with Gasteiger partial charge in [0.15, 0.2) is 16.6 Å². The lowest BCUT2D eigenvalue weighted by Gasteiger charge is -2.48. The largest absolute Gasteiger partial charge is 0.413 e. The molecule has 0 aromatic carbocycles. The minimum absolute atomic E-state index is 0.187. The molecule has 0 saturated heterocycles. The molecular formula is C21H44O2Si2. The highest BCUT2D eigenvalue weighted by Gasteiger charge is 2.47. The SMILES string of the molecule is CC1=C[C@@H](C)[C@@H](O[Si](C)(C)C(C)(C)C)[C@H](C)[C@@H]1O[Si](C)(C)C(C)(C)C. The molecule has 148 valence electrons. The summed E-state index contributed by atoms with van der Waals surface area (Å²) in [5.41, 5.74) is 1.39. The van der Waals surface area contributed by atoms with Crippen molar-refractivity contribution in [3.05, 3.63) is 11.6 Å². The molecule has 0 aromatic heterocycles. The molecule has 1 aliphatic carbocycles. The van der Waals surface area contributed by atoms with Crippen molar-refractivity contribution in [1.29, 1.82) is 0 Å². The van der Waals surface area contributed by atoms with Gasteiger partial charge in [0.05, 0.1) is 12.2 Å². The van der Waals surface area contributed by atoms with Crippen molar-refractivity contribution < 1.29 is 8.85 Å². The zero-order valence-electron chi connectivity index (χ0n) is 19.2. The van der Waals surface area contributed by atoms with Crippen LogP contribution in [-0.2, 0) is 8.85 Å². The van der Waals surface area contributed by atoms with Gasteiger partial charge in [0.2, 0.25) is 0 Å². The van der Waals surface area contributed by atoms with E-state index in [1.165, 1.54) is 5.57 Å². The highest BCUT2D eigenvalue weighted by Crippen LogP contribution is 2.44. The van der Waals surface area contributed by atoms with Crippen LogP contribution in [0.25, 0.3) is 0 Å². The molecule has 0 bridgehead atoms. The second-order valence-corrected chi connectivity index (χ2v) is 20.8. The molecule has 1 aliphatic rings. The van der Waals surface area contributed by atoms with Crippen molar-refractivity contribution in [2.75, 3.05) is 0 Å². The van der Waals surface area contributed by atoms with Crippen molar-refractivity contribution in [2.45, 2.75) is 111 Å². The van der Waals surface area contributed by atoms with Crippen LogP contribution < -0.4 is 0 Å². The zero-order chi connectivity index (χ0) is 20.0. The van der Waals surface area contributed by atoms with E-state index in [2.05, 4.69) is 94.6 Å². The van der Waals surface area contributed by atoms with E-state index in [9.17, 15) is 0 Å². The maximum absolute atomic E-state index is 6.88. The lowest BCUT2D eigenvalue weighted by atomic mass is 9.80. The third-order valence-electron chi connectivity index (χ3n) is 6.95. The summed E-state index contributed by atoms with van der Waals surface area (Å²) in [6.07, 6.45) is 2.83. The van der Waals surface area contributed by atoms with Gasteiger partial charge in [-0.05, 0) is 54.7 Å². The maximum atomic E-state index is 6.88. The predicted octanol–water partition coefficient (Wildman–Crippen LogP) is 7.00. The molecule has 0 heterocycles. The first kappa shape index (κ1) is 23.1. The topological polar surface area (TPSA) is 18.5 Å². The van der Waals surface area contributed by atoms with Crippen LogP contribution in [0.15, 0.2) is 11.6 Å². The van der Waals surface area contributed by atoms with Gasteiger partial charge in [0.1, 0.15) is 0 Å². The van der Waals surface area contributed by atoms with Crippen molar-refractivity contribution in [1.82, 2.24) is 0 Å². The second-order valence-electron chi connectivity index (χ2n) is 11.3. The van der Waals surface area contributed by atoms with Crippen LogP contribution in [0, 0.1) is 11.8 Å². The van der Waals surface area contributed by atoms with Crippen LogP contribution in [-0.4, -0.2) is 28.8 Å². The van der Waals surface area contributed by atoms with Gasteiger partial charge in [-0.1, -0.05) is 61.5 Å². The molecule has 0 unspecified atom stereocenters. The van der Waals surface area contributed by atoms with Gasteiger partial charge >= 0.3 is 0 Å². The molecular weight excluding hydrogens is 340 g/mol. The normalized spacial score (nSPS) is 29.6. The van der Waals surface area contributed by atoms with Gasteiger partial charge in [-0.15, -0.1) is 0 Å². The summed E-state index contributed by atoms with van der Waals surface area (Å²) in [4.78, 5) is 0. The summed E-state index contributed by atoms with van der Waals surface area (Å²) in [6.45, 7) is 30.2. The zero-order valence-corrected chi connectivity index (χ0v) is 21.2. The summed E-state index contributed by atoms with van der Waals surface area (Å²) in [6, 6.07) is 0. The Hall–Kier alpha value is 0.0938. The summed E-state index contributed by atoms with van der Waals surface area (Å²) >= 11 is 0. The smallest absolute Gasteiger partial charge is 0.192 e. The fourth-order valence-corrected chi connectivity index (χ4v) is 5.95. The summed E-state index contributed by atoms with van der Waals surface area (Å²) in [5, 5.41) is 0.463. The molecule has 0 fully saturated rings. The molecule has 2 nitrogen and oxygen atoms in total. The first-order chi connectivity index (χ1) is 10.9. The van der Waals surface area contributed by atoms with Gasteiger partial charge in [0, 0.05) is 5.92 Å². The van der Waals surface area contributed by atoms with Crippen molar-refractivity contribution in [2.24, 2.45) is 11.8 Å². The average Bonchev–Trinajstić information content (AvgIpc) is 2.37. The Morgan fingerprint density at radius 3 is 1.60 bits per heavy atom. The van der Waals surface area contributed by atoms with Crippen LogP contribution in [0.4, 0.5) is 0 Å². The average molecular weight is 385 g/mol. The van der Waals surface area contributed by atoms with Crippen molar-refractivity contribution in [3.8, 4) is 0 Å². The Kier molecular flexibility index (Phi) is 6.71. The quantitative estimate of drug-likeness (QED) is 0.384. The monoisotopic (exact) mass is 384 g/mol. The number of hydrogen-bond acceptors (Lipinski definition) is 2. The van der Waals surface area contributed by atoms with Crippen LogP contribution >= 0.6 is 0 Å². The maximum Gasteiger partial charge on any atom is 0.192 e.